The van der Waals surface area contributed by atoms with Gasteiger partial charge in [0, 0.05) is 51.4 Å². The Balaban J connectivity index is 0.000000192. The van der Waals surface area contributed by atoms with E-state index in [1.807, 2.05) is 18.2 Å². The van der Waals surface area contributed by atoms with Crippen LogP contribution in [0.25, 0.3) is 27.6 Å². The standard InChI is InChI=1S/C20H20O6S.C20H18O6S.C18H16O5S.C10H9NO2.C7H7ClO3S.C3H4O4/c2*1-25-14-4-7-16(8-5-14)27(23,24)19-11-13(3-10-20(21)22)18-12-15(26-2)6-9-17(18)19;1-22-13-3-6-15(7-4-13)24(20,21)18-9-12(11-19)17-10-14(23-2)5-8-16(17)18;1-13-8-2-3-10-9(4-8)7(6-12)5-11-10;1-11-6-2-4-7(5-3-6)12(8,9)10;4-2(5)1-3(6)7/h4-9,11-12,19H,3,10H2,1-2H3,(H,21,22);3-12,19H,1-2H3,(H,21,22);3-11,18H,1-2H3;2-6,11H,1H3;2-5H,1H3;1H2,(H,4,5)(H,6,7)/b;10-3+;;;;. The molecule has 12 rings (SSSR count). The number of halogens is 1. The van der Waals surface area contributed by atoms with Crippen LogP contribution in [0, 0.1) is 0 Å². The third-order valence-electron chi connectivity index (χ3n) is 16.7. The van der Waals surface area contributed by atoms with Gasteiger partial charge < -0.3 is 63.3 Å². The highest BCUT2D eigenvalue weighted by Gasteiger charge is 2.38. The summed E-state index contributed by atoms with van der Waals surface area (Å²) in [6.45, 7) is 0. The number of carboxylic acids is 4. The number of hydrogen-bond acceptors (Lipinski definition) is 22. The van der Waals surface area contributed by atoms with E-state index < -0.39 is 84.6 Å². The zero-order valence-corrected chi connectivity index (χ0v) is 63.9. The number of carbonyl (C=O) groups is 6. The van der Waals surface area contributed by atoms with Crippen molar-refractivity contribution in [3.05, 3.63) is 245 Å². The first-order valence-corrected chi connectivity index (χ1v) is 39.2. The molecule has 32 heteroatoms. The monoisotopic (exact) mass is 1600 g/mol. The first-order chi connectivity index (χ1) is 52.2. The Hall–Kier alpha value is -12.0. The number of ether oxygens (including phenoxy) is 8. The molecule has 0 aliphatic heterocycles. The third kappa shape index (κ3) is 21.4. The molecule has 27 nitrogen and oxygen atoms in total. The SMILES string of the molecule is COc1ccc(S(=O)(=O)C2C=C(/C=C/C(=O)O)c3cc(OC)ccc32)cc1.COc1ccc(S(=O)(=O)C2C=C(C=O)c3cc(OC)ccc32)cc1.COc1ccc(S(=O)(=O)C2C=C(CCC(=O)O)c3cc(OC)ccc32)cc1.COc1ccc(S(=O)(=O)Cl)cc1.COc1ccc2[nH]cc(C=O)c2c1.O=C(O)CC(=O)O. The summed E-state index contributed by atoms with van der Waals surface area (Å²) < 4.78 is 141. The lowest BCUT2D eigenvalue weighted by Gasteiger charge is -2.14. The van der Waals surface area contributed by atoms with Crippen LogP contribution in [0.5, 0.6) is 46.0 Å². The van der Waals surface area contributed by atoms with Crippen LogP contribution in [-0.4, -0.2) is 152 Å². The molecule has 0 saturated heterocycles. The Morgan fingerprint density at radius 1 is 0.409 bits per heavy atom. The van der Waals surface area contributed by atoms with Gasteiger partial charge in [0.15, 0.2) is 35.8 Å². The maximum absolute atomic E-state index is 13.2. The Morgan fingerprint density at radius 3 is 1.09 bits per heavy atom. The van der Waals surface area contributed by atoms with Gasteiger partial charge in [0.25, 0.3) is 9.05 Å². The lowest BCUT2D eigenvalue weighted by atomic mass is 10.0. The normalized spacial score (nSPS) is 14.3. The molecule has 1 heterocycles. The van der Waals surface area contributed by atoms with E-state index in [2.05, 4.69) is 4.98 Å². The number of aliphatic carboxylic acids is 4. The van der Waals surface area contributed by atoms with Crippen molar-refractivity contribution < 1.29 is 121 Å². The van der Waals surface area contributed by atoms with Gasteiger partial charge in [-0.3, -0.25) is 24.0 Å². The van der Waals surface area contributed by atoms with Gasteiger partial charge in [0.1, 0.15) is 74.5 Å². The number of aldehydes is 2. The molecule has 0 spiro atoms. The molecule has 0 radical (unpaired) electrons. The van der Waals surface area contributed by atoms with E-state index in [-0.39, 0.29) is 32.4 Å². The minimum atomic E-state index is -3.72. The first-order valence-electron chi connectivity index (χ1n) is 32.3. The lowest BCUT2D eigenvalue weighted by Crippen LogP contribution is -2.10. The average molecular weight is 1610 g/mol. The third-order valence-corrected chi connectivity index (χ3v) is 24.0. The second-order valence-corrected chi connectivity index (χ2v) is 32.0. The maximum Gasteiger partial charge on any atom is 0.328 e. The summed E-state index contributed by atoms with van der Waals surface area (Å²) in [5, 5.41) is 31.5. The topological polar surface area (TPSA) is 410 Å². The highest BCUT2D eigenvalue weighted by molar-refractivity contribution is 8.13. The van der Waals surface area contributed by atoms with Gasteiger partial charge in [0.2, 0.25) is 0 Å². The average Bonchev–Trinajstić information content (AvgIpc) is 1.62. The summed E-state index contributed by atoms with van der Waals surface area (Å²) in [5.41, 5.74) is 6.92. The number of H-pyrrole nitrogens is 1. The number of hydrogen-bond donors (Lipinski definition) is 5. The highest BCUT2D eigenvalue weighted by atomic mass is 35.7. The summed E-state index contributed by atoms with van der Waals surface area (Å²) in [6.07, 6.45) is 9.63. The molecule has 5 N–H and O–H groups in total. The predicted molar refractivity (Wildman–Crippen MR) is 408 cm³/mol. The van der Waals surface area contributed by atoms with Crippen molar-refractivity contribution in [1.82, 2.24) is 4.98 Å². The second-order valence-electron chi connectivity index (χ2n) is 23.3. The second kappa shape index (κ2) is 38.2. The van der Waals surface area contributed by atoms with E-state index in [1.54, 1.807) is 116 Å². The van der Waals surface area contributed by atoms with Gasteiger partial charge in [-0.1, -0.05) is 36.4 Å². The van der Waals surface area contributed by atoms with Crippen molar-refractivity contribution in [3.63, 3.8) is 0 Å². The van der Waals surface area contributed by atoms with Gasteiger partial charge in [-0.25, -0.2) is 38.5 Å². The van der Waals surface area contributed by atoms with Crippen molar-refractivity contribution in [3.8, 4) is 46.0 Å². The molecule has 0 fully saturated rings. The molecule has 578 valence electrons. The lowest BCUT2D eigenvalue weighted by molar-refractivity contribution is -0.147. The van der Waals surface area contributed by atoms with Gasteiger partial charge in [-0.2, -0.15) is 0 Å². The molecule has 1 aromatic heterocycles. The van der Waals surface area contributed by atoms with Crippen molar-refractivity contribution >= 4 is 113 Å². The van der Waals surface area contributed by atoms with Gasteiger partial charge in [-0.05, 0) is 209 Å². The summed E-state index contributed by atoms with van der Waals surface area (Å²) in [4.78, 5) is 66.3. The number of fused-ring (bicyclic) bond motifs is 4. The molecule has 0 saturated carbocycles. The van der Waals surface area contributed by atoms with Crippen LogP contribution in [0.1, 0.15) is 78.8 Å². The van der Waals surface area contributed by atoms with Crippen LogP contribution in [-0.2, 0) is 62.5 Å². The van der Waals surface area contributed by atoms with Crippen LogP contribution in [0.15, 0.2) is 226 Å². The van der Waals surface area contributed by atoms with E-state index in [1.165, 1.54) is 123 Å². The Morgan fingerprint density at radius 2 is 0.745 bits per heavy atom. The highest BCUT2D eigenvalue weighted by Crippen LogP contribution is 2.47. The van der Waals surface area contributed by atoms with Crippen LogP contribution in [0.2, 0.25) is 0 Å². The summed E-state index contributed by atoms with van der Waals surface area (Å²) in [6, 6.07) is 45.4. The van der Waals surface area contributed by atoms with E-state index in [0.29, 0.717) is 96.6 Å². The fourth-order valence-corrected chi connectivity index (χ4v) is 17.0. The number of aromatic nitrogens is 1. The molecule has 8 aromatic carbocycles. The van der Waals surface area contributed by atoms with Gasteiger partial charge >= 0.3 is 23.9 Å². The number of allylic oxidation sites excluding steroid dienone is 4. The number of carboxylic acid groups (broad SMARTS) is 4. The van der Waals surface area contributed by atoms with Gasteiger partial charge in [-0.15, -0.1) is 0 Å². The first kappa shape index (κ1) is 85.2. The molecule has 0 amide bonds. The van der Waals surface area contributed by atoms with Crippen molar-refractivity contribution in [2.45, 2.75) is 54.6 Å². The van der Waals surface area contributed by atoms with Crippen LogP contribution in [0.3, 0.4) is 0 Å². The number of benzene rings is 8. The smallest absolute Gasteiger partial charge is 0.328 e. The molecule has 3 atom stereocenters. The molecule has 3 aliphatic carbocycles. The minimum Gasteiger partial charge on any atom is -0.497 e. The Bertz CT molecular complexity index is 5450. The number of rotatable bonds is 24. The van der Waals surface area contributed by atoms with E-state index in [0.717, 1.165) is 34.6 Å². The molecule has 3 unspecified atom stereocenters. The van der Waals surface area contributed by atoms with E-state index in [9.17, 15) is 62.4 Å². The summed E-state index contributed by atoms with van der Waals surface area (Å²) in [5.74, 6) is 0.133. The van der Waals surface area contributed by atoms with Crippen LogP contribution < -0.4 is 37.9 Å². The zero-order valence-electron chi connectivity index (χ0n) is 59.9. The minimum absolute atomic E-state index is 0.0716. The van der Waals surface area contributed by atoms with Crippen molar-refractivity contribution in [2.24, 2.45) is 0 Å². The Labute approximate surface area is 638 Å². The van der Waals surface area contributed by atoms with Crippen molar-refractivity contribution in [2.75, 3.05) is 56.9 Å². The fourth-order valence-electron chi connectivity index (χ4n) is 11.1. The number of sulfone groups is 3. The number of nitrogens with one attached hydrogen (secondary N) is 1. The predicted octanol–water partition coefficient (Wildman–Crippen LogP) is 12.7. The van der Waals surface area contributed by atoms with E-state index >= 15 is 0 Å². The fraction of sp³-hybridized carbons (Fsp3) is 0.179. The maximum atomic E-state index is 13.2. The summed E-state index contributed by atoms with van der Waals surface area (Å²) in [7, 11) is 2.61. The number of carbonyl (C=O) groups excluding carboxylic acids is 2. The van der Waals surface area contributed by atoms with Crippen molar-refractivity contribution in [1.29, 1.82) is 0 Å². The molecule has 3 aliphatic rings. The molecule has 9 aromatic rings. The summed E-state index contributed by atoms with van der Waals surface area (Å²) >= 11 is 0. The molecular formula is C78H74ClNO26S4. The van der Waals surface area contributed by atoms with Gasteiger partial charge in [0.05, 0.1) is 76.5 Å². The molecule has 0 bridgehead atoms. The van der Waals surface area contributed by atoms with Crippen LogP contribution >= 0.6 is 10.7 Å². The molecular weight excluding hydrogens is 1530 g/mol. The molecule has 110 heavy (non-hydrogen) atoms. The zero-order chi connectivity index (χ0) is 80.8. The largest absolute Gasteiger partial charge is 0.497 e. The number of methoxy groups -OCH3 is 8. The van der Waals surface area contributed by atoms with E-state index in [4.69, 9.17) is 69.0 Å². The van der Waals surface area contributed by atoms with Crippen LogP contribution in [0.4, 0.5) is 0 Å². The Kier molecular flexibility index (Phi) is 29.6. The number of aromatic amines is 1. The quantitative estimate of drug-likeness (QED) is 0.0162.